The fourth-order valence-electron chi connectivity index (χ4n) is 3.03. The third-order valence-corrected chi connectivity index (χ3v) is 6.46. The van der Waals surface area contributed by atoms with Crippen LogP contribution in [0.4, 0.5) is 10.5 Å². The van der Waals surface area contributed by atoms with Gasteiger partial charge in [-0.15, -0.1) is 0 Å². The monoisotopic (exact) mass is 449 g/mol. The van der Waals surface area contributed by atoms with Crippen molar-refractivity contribution in [2.75, 3.05) is 19.4 Å². The zero-order valence-electron chi connectivity index (χ0n) is 18.8. The van der Waals surface area contributed by atoms with Crippen LogP contribution in [-0.4, -0.2) is 54.7 Å². The Kier molecular flexibility index (Phi) is 7.80. The van der Waals surface area contributed by atoms with E-state index >= 15 is 0 Å². The first-order valence-electron chi connectivity index (χ1n) is 9.94. The summed E-state index contributed by atoms with van der Waals surface area (Å²) in [5.41, 5.74) is 1.36. The second-order valence-electron chi connectivity index (χ2n) is 8.57. The molecular weight excluding hydrogens is 418 g/mol. The van der Waals surface area contributed by atoms with Gasteiger partial charge in [-0.1, -0.05) is 12.1 Å². The lowest BCUT2D eigenvalue weighted by Gasteiger charge is -2.24. The summed E-state index contributed by atoms with van der Waals surface area (Å²) in [6, 6.07) is 8.20. The molecule has 0 aliphatic carbocycles. The summed E-state index contributed by atoms with van der Waals surface area (Å²) in [7, 11) is -0.552. The normalized spacial score (nSPS) is 14.2. The molecule has 2 rings (SSSR count). The van der Waals surface area contributed by atoms with Gasteiger partial charge in [0, 0.05) is 38.0 Å². The molecule has 0 fully saturated rings. The highest BCUT2D eigenvalue weighted by Gasteiger charge is 2.24. The van der Waals surface area contributed by atoms with Gasteiger partial charge in [0.05, 0.1) is 16.7 Å². The van der Waals surface area contributed by atoms with E-state index in [4.69, 9.17) is 4.74 Å². The fraction of sp³-hybridized carbons (Fsp3) is 0.455. The Morgan fingerprint density at radius 1 is 1.19 bits per heavy atom. The van der Waals surface area contributed by atoms with Gasteiger partial charge in [0.2, 0.25) is 10.0 Å². The molecule has 0 saturated heterocycles. The molecule has 0 saturated carbocycles. The zero-order valence-corrected chi connectivity index (χ0v) is 19.6. The molecule has 1 aromatic carbocycles. The number of sulfonamides is 1. The second-order valence-corrected chi connectivity index (χ2v) is 10.7. The molecular formula is C22H31N3O5S. The molecule has 1 amide bonds. The van der Waals surface area contributed by atoms with Crippen LogP contribution in [0.2, 0.25) is 0 Å². The predicted octanol–water partition coefficient (Wildman–Crippen LogP) is 3.39. The van der Waals surface area contributed by atoms with Crippen LogP contribution in [0.25, 0.3) is 0 Å². The van der Waals surface area contributed by atoms with Crippen LogP contribution in [0.3, 0.4) is 0 Å². The van der Waals surface area contributed by atoms with E-state index < -0.39 is 27.8 Å². The number of aromatic nitrogens is 1. The molecule has 9 heteroatoms. The van der Waals surface area contributed by atoms with E-state index in [1.54, 1.807) is 70.4 Å². The van der Waals surface area contributed by atoms with E-state index in [9.17, 15) is 18.3 Å². The number of carbonyl (C=O) groups excluding carboxylic acids is 1. The van der Waals surface area contributed by atoms with E-state index in [1.165, 1.54) is 14.1 Å². The number of aliphatic hydroxyl groups excluding tert-OH is 1. The lowest BCUT2D eigenvalue weighted by Crippen LogP contribution is -2.28. The van der Waals surface area contributed by atoms with Gasteiger partial charge in [0.25, 0.3) is 0 Å². The van der Waals surface area contributed by atoms with Crippen molar-refractivity contribution >= 4 is 21.8 Å². The first-order valence-corrected chi connectivity index (χ1v) is 11.4. The van der Waals surface area contributed by atoms with E-state index in [-0.39, 0.29) is 10.8 Å². The number of nitrogens with zero attached hydrogens (tertiary/aromatic N) is 2. The lowest BCUT2D eigenvalue weighted by molar-refractivity contribution is 0.0635. The minimum atomic E-state index is -3.51. The van der Waals surface area contributed by atoms with Gasteiger partial charge in [-0.05, 0) is 57.9 Å². The van der Waals surface area contributed by atoms with Crippen molar-refractivity contribution in [1.82, 2.24) is 9.29 Å². The van der Waals surface area contributed by atoms with E-state index in [2.05, 4.69) is 10.3 Å². The summed E-state index contributed by atoms with van der Waals surface area (Å²) < 4.78 is 31.0. The Balaban J connectivity index is 2.29. The van der Waals surface area contributed by atoms with Crippen molar-refractivity contribution in [2.24, 2.45) is 0 Å². The van der Waals surface area contributed by atoms with Crippen LogP contribution in [0.5, 0.6) is 0 Å². The minimum absolute atomic E-state index is 0.198. The van der Waals surface area contributed by atoms with Gasteiger partial charge in [-0.25, -0.2) is 17.5 Å². The Morgan fingerprint density at radius 2 is 1.81 bits per heavy atom. The largest absolute Gasteiger partial charge is 0.444 e. The van der Waals surface area contributed by atoms with Crippen LogP contribution in [-0.2, 0) is 21.2 Å². The van der Waals surface area contributed by atoms with Crippen molar-refractivity contribution in [1.29, 1.82) is 0 Å². The Hall–Kier alpha value is -2.49. The third kappa shape index (κ3) is 6.75. The number of hydrogen-bond acceptors (Lipinski definition) is 6. The maximum atomic E-state index is 12.3. The van der Waals surface area contributed by atoms with Crippen LogP contribution in [0, 0.1) is 0 Å². The number of carbonyl (C=O) groups is 1. The first kappa shape index (κ1) is 24.8. The van der Waals surface area contributed by atoms with Gasteiger partial charge in [-0.3, -0.25) is 10.3 Å². The number of rotatable bonds is 7. The average Bonchev–Trinajstić information content (AvgIpc) is 2.65. The molecule has 0 aliphatic rings. The van der Waals surface area contributed by atoms with Gasteiger partial charge in [0.1, 0.15) is 5.60 Å². The molecule has 0 aliphatic heterocycles. The molecule has 2 atom stereocenters. The predicted molar refractivity (Wildman–Crippen MR) is 120 cm³/mol. The quantitative estimate of drug-likeness (QED) is 0.671. The molecule has 0 radical (unpaired) electrons. The number of nitrogens with one attached hydrogen (secondary N) is 1. The van der Waals surface area contributed by atoms with Crippen molar-refractivity contribution in [3.8, 4) is 0 Å². The van der Waals surface area contributed by atoms with Gasteiger partial charge < -0.3 is 9.84 Å². The number of anilines is 1. The average molecular weight is 450 g/mol. The van der Waals surface area contributed by atoms with E-state index in [0.29, 0.717) is 17.7 Å². The number of amides is 1. The molecule has 0 spiro atoms. The summed E-state index contributed by atoms with van der Waals surface area (Å²) in [6.07, 6.45) is 2.25. The van der Waals surface area contributed by atoms with Crippen molar-refractivity contribution < 1.29 is 23.1 Å². The highest BCUT2D eigenvalue weighted by atomic mass is 32.2. The summed E-state index contributed by atoms with van der Waals surface area (Å²) in [4.78, 5) is 16.6. The lowest BCUT2D eigenvalue weighted by atomic mass is 9.88. The van der Waals surface area contributed by atoms with Gasteiger partial charge >= 0.3 is 6.09 Å². The standard InChI is InChI=1S/C22H31N3O5S/c1-15(26)18(13-16-7-9-17(10-8-16)31(28,29)25(5)6)19-14-23-12-11-20(19)24-21(27)30-22(2,3)4/h7-12,14-15,18,26H,13H2,1-6H3,(H,23,24,27). The maximum Gasteiger partial charge on any atom is 0.412 e. The van der Waals surface area contributed by atoms with Crippen molar-refractivity contribution in [3.63, 3.8) is 0 Å². The maximum absolute atomic E-state index is 12.3. The van der Waals surface area contributed by atoms with Crippen LogP contribution in [0.1, 0.15) is 44.7 Å². The SMILES string of the molecule is CC(O)C(Cc1ccc(S(=O)(=O)N(C)C)cc1)c1cnccc1NC(=O)OC(C)(C)C. The first-order chi connectivity index (χ1) is 14.3. The van der Waals surface area contributed by atoms with Gasteiger partial charge in [0.15, 0.2) is 0 Å². The molecule has 2 aromatic rings. The second kappa shape index (κ2) is 9.76. The smallest absolute Gasteiger partial charge is 0.412 e. The molecule has 31 heavy (non-hydrogen) atoms. The molecule has 1 aromatic heterocycles. The summed E-state index contributed by atoms with van der Waals surface area (Å²) >= 11 is 0. The van der Waals surface area contributed by atoms with Crippen molar-refractivity contribution in [2.45, 2.75) is 56.6 Å². The Labute approximate surface area is 184 Å². The number of ether oxygens (including phenoxy) is 1. The highest BCUT2D eigenvalue weighted by molar-refractivity contribution is 7.89. The van der Waals surface area contributed by atoms with E-state index in [0.717, 1.165) is 9.87 Å². The Morgan fingerprint density at radius 3 is 2.32 bits per heavy atom. The highest BCUT2D eigenvalue weighted by Crippen LogP contribution is 2.30. The summed E-state index contributed by atoms with van der Waals surface area (Å²) in [5.74, 6) is -0.380. The molecule has 2 unspecified atom stereocenters. The molecule has 2 N–H and O–H groups in total. The van der Waals surface area contributed by atoms with Crippen LogP contribution < -0.4 is 5.32 Å². The number of pyridine rings is 1. The van der Waals surface area contributed by atoms with Crippen LogP contribution in [0.15, 0.2) is 47.6 Å². The molecule has 0 bridgehead atoms. The van der Waals surface area contributed by atoms with Crippen LogP contribution >= 0.6 is 0 Å². The summed E-state index contributed by atoms with van der Waals surface area (Å²) in [6.45, 7) is 7.00. The van der Waals surface area contributed by atoms with Gasteiger partial charge in [-0.2, -0.15) is 0 Å². The van der Waals surface area contributed by atoms with E-state index in [1.807, 2.05) is 0 Å². The molecule has 170 valence electrons. The number of hydrogen-bond donors (Lipinski definition) is 2. The topological polar surface area (TPSA) is 109 Å². The molecule has 8 nitrogen and oxygen atoms in total. The zero-order chi connectivity index (χ0) is 23.4. The molecule has 1 heterocycles. The third-order valence-electron chi connectivity index (χ3n) is 4.63. The number of aliphatic hydroxyl groups is 1. The Bertz CT molecular complexity index is 997. The van der Waals surface area contributed by atoms with Crippen molar-refractivity contribution in [3.05, 3.63) is 53.9 Å². The minimum Gasteiger partial charge on any atom is -0.444 e. The summed E-state index contributed by atoms with van der Waals surface area (Å²) in [5, 5.41) is 13.2. The number of benzene rings is 1. The fourth-order valence-corrected chi connectivity index (χ4v) is 3.93.